The average Bonchev–Trinajstić information content (AvgIpc) is 2.48. The number of carbonyl (C=O) groups excluding carboxylic acids is 1. The Labute approximate surface area is 131 Å². The predicted octanol–water partition coefficient (Wildman–Crippen LogP) is 2.93. The van der Waals surface area contributed by atoms with Crippen LogP contribution in [0.5, 0.6) is 0 Å². The molecule has 114 valence electrons. The van der Waals surface area contributed by atoms with Gasteiger partial charge in [0.05, 0.1) is 21.8 Å². The molecule has 1 saturated carbocycles. The van der Waals surface area contributed by atoms with Gasteiger partial charge in [-0.15, -0.1) is 0 Å². The van der Waals surface area contributed by atoms with Crippen molar-refractivity contribution in [1.29, 1.82) is 0 Å². The molecule has 0 aromatic heterocycles. The zero-order valence-corrected chi connectivity index (χ0v) is 13.5. The molecule has 0 saturated heterocycles. The van der Waals surface area contributed by atoms with Crippen molar-refractivity contribution in [2.75, 3.05) is 24.3 Å². The first kappa shape index (κ1) is 15.8. The maximum Gasteiger partial charge on any atom is 0.237 e. The van der Waals surface area contributed by atoms with Crippen LogP contribution in [-0.2, 0) is 4.79 Å². The van der Waals surface area contributed by atoms with Gasteiger partial charge < -0.3 is 16.0 Å². The van der Waals surface area contributed by atoms with Crippen LogP contribution in [0.25, 0.3) is 0 Å². The summed E-state index contributed by atoms with van der Waals surface area (Å²) in [7, 11) is 3.91. The maximum atomic E-state index is 12.8. The molecule has 1 aliphatic rings. The number of thiocarbonyl (C=S) groups is 1. The van der Waals surface area contributed by atoms with Gasteiger partial charge in [0, 0.05) is 14.1 Å². The zero-order chi connectivity index (χ0) is 15.5. The molecule has 1 amide bonds. The van der Waals surface area contributed by atoms with Crippen LogP contribution in [0, 0.1) is 5.41 Å². The van der Waals surface area contributed by atoms with E-state index in [1.165, 1.54) is 0 Å². The number of hydrogen-bond donors (Lipinski definition) is 2. The minimum atomic E-state index is -0.687. The second-order valence-corrected chi connectivity index (χ2v) is 6.31. The number of benzene rings is 1. The van der Waals surface area contributed by atoms with Crippen LogP contribution in [0.2, 0.25) is 0 Å². The van der Waals surface area contributed by atoms with Crippen LogP contribution < -0.4 is 16.0 Å². The van der Waals surface area contributed by atoms with E-state index in [1.807, 2.05) is 43.3 Å². The maximum absolute atomic E-state index is 12.8. The highest BCUT2D eigenvalue weighted by atomic mass is 32.1. The fourth-order valence-electron chi connectivity index (χ4n) is 2.95. The summed E-state index contributed by atoms with van der Waals surface area (Å²) in [6, 6.07) is 7.75. The van der Waals surface area contributed by atoms with Crippen LogP contribution in [0.4, 0.5) is 11.4 Å². The largest absolute Gasteiger partial charge is 0.392 e. The first-order chi connectivity index (χ1) is 9.97. The van der Waals surface area contributed by atoms with E-state index >= 15 is 0 Å². The molecule has 2 rings (SSSR count). The number of amides is 1. The third kappa shape index (κ3) is 3.18. The van der Waals surface area contributed by atoms with Crippen molar-refractivity contribution in [3.63, 3.8) is 0 Å². The van der Waals surface area contributed by atoms with Crippen molar-refractivity contribution < 1.29 is 4.79 Å². The smallest absolute Gasteiger partial charge is 0.237 e. The number of anilines is 2. The summed E-state index contributed by atoms with van der Waals surface area (Å²) < 4.78 is 0. The fourth-order valence-corrected chi connectivity index (χ4v) is 3.25. The number of nitrogens with zero attached hydrogens (tertiary/aromatic N) is 1. The number of hydrogen-bond acceptors (Lipinski definition) is 3. The van der Waals surface area contributed by atoms with Gasteiger partial charge in [0.2, 0.25) is 5.91 Å². The number of rotatable bonds is 4. The quantitative estimate of drug-likeness (QED) is 0.840. The van der Waals surface area contributed by atoms with Crippen LogP contribution in [-0.4, -0.2) is 25.0 Å². The molecule has 0 bridgehead atoms. The van der Waals surface area contributed by atoms with Gasteiger partial charge in [0.1, 0.15) is 0 Å². The van der Waals surface area contributed by atoms with E-state index in [9.17, 15) is 4.79 Å². The Kier molecular flexibility index (Phi) is 4.83. The normalized spacial score (nSPS) is 17.0. The van der Waals surface area contributed by atoms with Crippen molar-refractivity contribution in [1.82, 2.24) is 0 Å². The molecule has 0 aliphatic heterocycles. The fraction of sp³-hybridized carbons (Fsp3) is 0.500. The average molecular weight is 305 g/mol. The molecular formula is C16H23N3OS. The molecule has 0 heterocycles. The van der Waals surface area contributed by atoms with Crippen molar-refractivity contribution in [3.05, 3.63) is 24.3 Å². The minimum absolute atomic E-state index is 0.0657. The summed E-state index contributed by atoms with van der Waals surface area (Å²) in [6.07, 6.45) is 4.64. The van der Waals surface area contributed by atoms with E-state index in [0.717, 1.165) is 43.5 Å². The highest BCUT2D eigenvalue weighted by molar-refractivity contribution is 7.80. The molecule has 1 aromatic carbocycles. The Balaban J connectivity index is 2.26. The number of para-hydroxylation sites is 2. The molecule has 0 spiro atoms. The number of nitrogens with one attached hydrogen (secondary N) is 1. The van der Waals surface area contributed by atoms with Crippen LogP contribution in [0.1, 0.15) is 32.1 Å². The Morgan fingerprint density at radius 2 is 1.86 bits per heavy atom. The van der Waals surface area contributed by atoms with Gasteiger partial charge in [-0.3, -0.25) is 4.79 Å². The molecule has 1 fully saturated rings. The van der Waals surface area contributed by atoms with E-state index in [4.69, 9.17) is 18.0 Å². The Morgan fingerprint density at radius 3 is 2.43 bits per heavy atom. The molecule has 0 atom stereocenters. The lowest BCUT2D eigenvalue weighted by molar-refractivity contribution is -0.123. The van der Waals surface area contributed by atoms with Crippen molar-refractivity contribution >= 4 is 34.5 Å². The summed E-state index contributed by atoms with van der Waals surface area (Å²) in [6.45, 7) is 0. The first-order valence-electron chi connectivity index (χ1n) is 7.35. The van der Waals surface area contributed by atoms with Gasteiger partial charge in [-0.1, -0.05) is 43.6 Å². The van der Waals surface area contributed by atoms with E-state index in [-0.39, 0.29) is 5.91 Å². The minimum Gasteiger partial charge on any atom is -0.392 e. The lowest BCUT2D eigenvalue weighted by atomic mass is 9.73. The molecule has 5 heteroatoms. The van der Waals surface area contributed by atoms with Crippen molar-refractivity contribution in [3.8, 4) is 0 Å². The summed E-state index contributed by atoms with van der Waals surface area (Å²) in [4.78, 5) is 15.1. The lowest BCUT2D eigenvalue weighted by Gasteiger charge is -2.35. The Hall–Kier alpha value is -1.62. The molecule has 1 aliphatic carbocycles. The van der Waals surface area contributed by atoms with Gasteiger partial charge in [0.25, 0.3) is 0 Å². The van der Waals surface area contributed by atoms with E-state index < -0.39 is 5.41 Å². The molecular weight excluding hydrogens is 282 g/mol. The Bertz CT molecular complexity index is 536. The third-order valence-corrected chi connectivity index (χ3v) is 4.64. The molecule has 0 unspecified atom stereocenters. The second-order valence-electron chi connectivity index (χ2n) is 5.87. The van der Waals surface area contributed by atoms with Gasteiger partial charge in [-0.25, -0.2) is 0 Å². The van der Waals surface area contributed by atoms with Crippen LogP contribution >= 0.6 is 12.2 Å². The summed E-state index contributed by atoms with van der Waals surface area (Å²) in [5.41, 5.74) is 7.00. The number of nitrogens with two attached hydrogens (primary N) is 1. The molecule has 1 aromatic rings. The molecule has 0 radical (unpaired) electrons. The van der Waals surface area contributed by atoms with Gasteiger partial charge in [-0.05, 0) is 25.0 Å². The second kappa shape index (κ2) is 6.43. The zero-order valence-electron chi connectivity index (χ0n) is 12.7. The van der Waals surface area contributed by atoms with Crippen molar-refractivity contribution in [2.24, 2.45) is 11.1 Å². The summed E-state index contributed by atoms with van der Waals surface area (Å²) in [5, 5.41) is 3.04. The van der Waals surface area contributed by atoms with Gasteiger partial charge in [-0.2, -0.15) is 0 Å². The van der Waals surface area contributed by atoms with Crippen LogP contribution in [0.15, 0.2) is 24.3 Å². The van der Waals surface area contributed by atoms with E-state index in [2.05, 4.69) is 5.32 Å². The van der Waals surface area contributed by atoms with Gasteiger partial charge >= 0.3 is 0 Å². The highest BCUT2D eigenvalue weighted by Gasteiger charge is 2.42. The monoisotopic (exact) mass is 305 g/mol. The standard InChI is InChI=1S/C16H23N3OS/c1-19(2)13-9-5-4-8-12(13)18-15(20)16(14(17)21)10-6-3-7-11-16/h4-5,8-9H,3,6-7,10-11H2,1-2H3,(H2,17,21)(H,18,20). The SMILES string of the molecule is CN(C)c1ccccc1NC(=O)C1(C(N)=S)CCCCC1. The first-order valence-corrected chi connectivity index (χ1v) is 7.76. The Morgan fingerprint density at radius 1 is 1.24 bits per heavy atom. The molecule has 3 N–H and O–H groups in total. The number of carbonyl (C=O) groups is 1. The third-order valence-electron chi connectivity index (χ3n) is 4.25. The lowest BCUT2D eigenvalue weighted by Crippen LogP contribution is -2.47. The van der Waals surface area contributed by atoms with E-state index in [0.29, 0.717) is 4.99 Å². The highest BCUT2D eigenvalue weighted by Crippen LogP contribution is 2.38. The predicted molar refractivity (Wildman–Crippen MR) is 91.7 cm³/mol. The molecule has 4 nitrogen and oxygen atoms in total. The molecule has 21 heavy (non-hydrogen) atoms. The topological polar surface area (TPSA) is 58.4 Å². The summed E-state index contributed by atoms with van der Waals surface area (Å²) >= 11 is 5.21. The van der Waals surface area contributed by atoms with Crippen molar-refractivity contribution in [2.45, 2.75) is 32.1 Å². The summed E-state index contributed by atoms with van der Waals surface area (Å²) in [5.74, 6) is -0.0657. The van der Waals surface area contributed by atoms with Gasteiger partial charge in [0.15, 0.2) is 0 Å². The van der Waals surface area contributed by atoms with E-state index in [1.54, 1.807) is 0 Å². The van der Waals surface area contributed by atoms with Crippen LogP contribution in [0.3, 0.4) is 0 Å².